The molecule has 144 valence electrons. The van der Waals surface area contributed by atoms with Gasteiger partial charge in [-0.3, -0.25) is 14.0 Å². The summed E-state index contributed by atoms with van der Waals surface area (Å²) in [6.45, 7) is -3.88. The third kappa shape index (κ3) is 5.63. The van der Waals surface area contributed by atoms with Crippen LogP contribution < -0.4 is 4.74 Å². The summed E-state index contributed by atoms with van der Waals surface area (Å²) in [5, 5.41) is 0. The van der Waals surface area contributed by atoms with E-state index in [0.717, 1.165) is 0 Å². The van der Waals surface area contributed by atoms with E-state index in [-0.39, 0.29) is 34.9 Å². The number of halogens is 5. The molecule has 1 atom stereocenters. The van der Waals surface area contributed by atoms with Crippen molar-refractivity contribution >= 4 is 28.0 Å². The van der Waals surface area contributed by atoms with E-state index in [1.165, 1.54) is 36.4 Å². The maximum Gasteiger partial charge on any atom is 0.387 e. The minimum Gasteiger partial charge on any atom is -0.435 e. The van der Waals surface area contributed by atoms with Crippen molar-refractivity contribution in [2.24, 2.45) is 0 Å². The van der Waals surface area contributed by atoms with Crippen LogP contribution in [-0.4, -0.2) is 25.4 Å². The van der Waals surface area contributed by atoms with Crippen LogP contribution in [0.15, 0.2) is 40.9 Å². The lowest BCUT2D eigenvalue weighted by molar-refractivity contribution is -0.130. The number of alkyl halides is 3. The van der Waals surface area contributed by atoms with E-state index in [1.54, 1.807) is 0 Å². The lowest BCUT2D eigenvalue weighted by atomic mass is 9.87. The summed E-state index contributed by atoms with van der Waals surface area (Å²) in [4.78, 5) is 23.2. The number of aldehydes is 1. The summed E-state index contributed by atoms with van der Waals surface area (Å²) in [6.07, 6.45) is 0.0716. The van der Waals surface area contributed by atoms with Gasteiger partial charge < -0.3 is 4.74 Å². The van der Waals surface area contributed by atoms with E-state index in [4.69, 9.17) is 0 Å². The van der Waals surface area contributed by atoms with E-state index in [0.29, 0.717) is 11.1 Å². The predicted molar refractivity (Wildman–Crippen MR) is 94.4 cm³/mol. The third-order valence-electron chi connectivity index (χ3n) is 3.95. The second-order valence-electron chi connectivity index (χ2n) is 5.71. The smallest absolute Gasteiger partial charge is 0.387 e. The van der Waals surface area contributed by atoms with Crippen molar-refractivity contribution in [3.8, 4) is 5.75 Å². The number of aryl methyl sites for hydroxylation is 1. The minimum absolute atomic E-state index is 0.0839. The van der Waals surface area contributed by atoms with E-state index < -0.39 is 30.8 Å². The number of ether oxygens (including phenoxy) is 1. The first-order valence-corrected chi connectivity index (χ1v) is 8.71. The van der Waals surface area contributed by atoms with E-state index >= 15 is 0 Å². The molecule has 2 rings (SSSR count). The highest BCUT2D eigenvalue weighted by molar-refractivity contribution is 9.10. The van der Waals surface area contributed by atoms with E-state index in [1.807, 2.05) is 0 Å². The average Bonchev–Trinajstić information content (AvgIpc) is 2.63. The predicted octanol–water partition coefficient (Wildman–Crippen LogP) is 4.80. The highest BCUT2D eigenvalue weighted by atomic mass is 79.9. The molecule has 0 aliphatic carbocycles. The van der Waals surface area contributed by atoms with E-state index in [2.05, 4.69) is 20.7 Å². The summed E-state index contributed by atoms with van der Waals surface area (Å²) >= 11 is 3.05. The van der Waals surface area contributed by atoms with Crippen LogP contribution in [0.25, 0.3) is 0 Å². The molecule has 0 fully saturated rings. The second kappa shape index (κ2) is 9.64. The van der Waals surface area contributed by atoms with Gasteiger partial charge in [0.15, 0.2) is 6.29 Å². The molecule has 0 N–H and O–H groups in total. The number of hydrogen-bond acceptors (Lipinski definition) is 3. The van der Waals surface area contributed by atoms with E-state index in [9.17, 15) is 27.2 Å². The number of carbonyl (C=O) groups excluding carboxylic acids is 2. The molecule has 2 aromatic rings. The van der Waals surface area contributed by atoms with Crippen LogP contribution in [0.3, 0.4) is 0 Å². The van der Waals surface area contributed by atoms with Crippen molar-refractivity contribution < 1.29 is 31.9 Å². The van der Waals surface area contributed by atoms with Gasteiger partial charge in [0.05, 0.1) is 17.1 Å². The van der Waals surface area contributed by atoms with Gasteiger partial charge in [-0.2, -0.15) is 8.78 Å². The lowest BCUT2D eigenvalue weighted by Crippen LogP contribution is -2.17. The molecule has 0 bridgehead atoms. The van der Waals surface area contributed by atoms with Crippen LogP contribution in [-0.2, 0) is 22.4 Å². The van der Waals surface area contributed by atoms with Crippen LogP contribution >= 0.6 is 15.9 Å². The van der Waals surface area contributed by atoms with Gasteiger partial charge in [0.2, 0.25) is 5.78 Å². The molecule has 0 aromatic heterocycles. The Labute approximate surface area is 161 Å². The fourth-order valence-corrected chi connectivity index (χ4v) is 3.12. The summed E-state index contributed by atoms with van der Waals surface area (Å²) in [5.74, 6) is -2.31. The number of rotatable bonds is 9. The zero-order valence-electron chi connectivity index (χ0n) is 13.9. The molecule has 0 heterocycles. The first-order valence-electron chi connectivity index (χ1n) is 7.92. The molecule has 8 heteroatoms. The van der Waals surface area contributed by atoms with Gasteiger partial charge in [-0.15, -0.1) is 0 Å². The molecule has 0 saturated heterocycles. The minimum atomic E-state index is -3.07. The Morgan fingerprint density at radius 3 is 2.52 bits per heavy atom. The standard InChI is InChI=1S/C19H15BrF4O3/c20-15-8-11(1-3-16(15)22)7-14(17(26)10-25)12-2-4-18(27-19(23)24)13(9-12)5-6-21/h1-4,8-10,14,19H,5-7H2. The Morgan fingerprint density at radius 2 is 1.93 bits per heavy atom. The van der Waals surface area contributed by atoms with Gasteiger partial charge in [-0.25, -0.2) is 4.39 Å². The Morgan fingerprint density at radius 1 is 1.19 bits per heavy atom. The van der Waals surface area contributed by atoms with Crippen LogP contribution in [0.1, 0.15) is 22.6 Å². The van der Waals surface area contributed by atoms with Crippen LogP contribution in [0.5, 0.6) is 5.75 Å². The molecule has 0 amide bonds. The van der Waals surface area contributed by atoms with Gasteiger partial charge in [0, 0.05) is 6.42 Å². The van der Waals surface area contributed by atoms with Gasteiger partial charge in [0.1, 0.15) is 11.6 Å². The fourth-order valence-electron chi connectivity index (χ4n) is 2.69. The summed E-state index contributed by atoms with van der Waals surface area (Å²) in [7, 11) is 0. The quantitative estimate of drug-likeness (QED) is 0.315. The second-order valence-corrected chi connectivity index (χ2v) is 6.56. The normalized spacial score (nSPS) is 12.1. The lowest BCUT2D eigenvalue weighted by Gasteiger charge is -2.17. The SMILES string of the molecule is O=CC(=O)C(Cc1ccc(F)c(Br)c1)c1ccc(OC(F)F)c(CCF)c1. The van der Waals surface area contributed by atoms with Crippen LogP contribution in [0.4, 0.5) is 17.6 Å². The summed E-state index contributed by atoms with van der Waals surface area (Å²) in [5.41, 5.74) is 1.11. The average molecular weight is 447 g/mol. The topological polar surface area (TPSA) is 43.4 Å². The monoisotopic (exact) mass is 446 g/mol. The molecule has 0 spiro atoms. The molecule has 0 saturated carbocycles. The zero-order valence-corrected chi connectivity index (χ0v) is 15.5. The molecule has 0 radical (unpaired) electrons. The molecule has 0 aliphatic heterocycles. The third-order valence-corrected chi connectivity index (χ3v) is 4.56. The fraction of sp³-hybridized carbons (Fsp3) is 0.263. The van der Waals surface area contributed by atoms with Crippen LogP contribution in [0.2, 0.25) is 0 Å². The van der Waals surface area contributed by atoms with Crippen molar-refractivity contribution in [2.45, 2.75) is 25.4 Å². The van der Waals surface area contributed by atoms with Gasteiger partial charge in [0.25, 0.3) is 0 Å². The number of carbonyl (C=O) groups is 2. The number of hydrogen-bond donors (Lipinski definition) is 0. The summed E-state index contributed by atoms with van der Waals surface area (Å²) < 4.78 is 55.7. The number of benzene rings is 2. The first kappa shape index (κ1) is 21.1. The van der Waals surface area contributed by atoms with Gasteiger partial charge >= 0.3 is 6.61 Å². The largest absolute Gasteiger partial charge is 0.435 e. The molecular weight excluding hydrogens is 432 g/mol. The number of ketones is 1. The maximum absolute atomic E-state index is 13.4. The highest BCUT2D eigenvalue weighted by Crippen LogP contribution is 2.30. The number of Topliss-reactive ketones (excluding diaryl/α,β-unsaturated/α-hetero) is 1. The van der Waals surface area contributed by atoms with Crippen molar-refractivity contribution in [1.29, 1.82) is 0 Å². The van der Waals surface area contributed by atoms with Crippen molar-refractivity contribution in [3.63, 3.8) is 0 Å². The Kier molecular flexibility index (Phi) is 7.53. The maximum atomic E-state index is 13.4. The summed E-state index contributed by atoms with van der Waals surface area (Å²) in [6, 6.07) is 8.15. The Hall–Kier alpha value is -2.22. The highest BCUT2D eigenvalue weighted by Gasteiger charge is 2.23. The molecular formula is C19H15BrF4O3. The van der Waals surface area contributed by atoms with Gasteiger partial charge in [-0.05, 0) is 57.2 Å². The van der Waals surface area contributed by atoms with Gasteiger partial charge in [-0.1, -0.05) is 18.2 Å². The molecule has 1 unspecified atom stereocenters. The Bertz CT molecular complexity index is 827. The molecule has 3 nitrogen and oxygen atoms in total. The molecule has 2 aromatic carbocycles. The molecule has 27 heavy (non-hydrogen) atoms. The van der Waals surface area contributed by atoms with Crippen LogP contribution in [0, 0.1) is 5.82 Å². The molecule has 0 aliphatic rings. The Balaban J connectivity index is 2.40. The van der Waals surface area contributed by atoms with Crippen molar-refractivity contribution in [1.82, 2.24) is 0 Å². The van der Waals surface area contributed by atoms with Crippen molar-refractivity contribution in [2.75, 3.05) is 6.67 Å². The zero-order chi connectivity index (χ0) is 20.0. The first-order chi connectivity index (χ1) is 12.8. The van der Waals surface area contributed by atoms with Crippen molar-refractivity contribution in [3.05, 3.63) is 63.4 Å².